The number of rotatable bonds is 6. The molecule has 0 aliphatic heterocycles. The number of fused-ring (bicyclic) bond motifs is 6. The third kappa shape index (κ3) is 5.32. The van der Waals surface area contributed by atoms with Crippen LogP contribution in [0.15, 0.2) is 194 Å². The van der Waals surface area contributed by atoms with E-state index in [9.17, 15) is 6.85 Å². The van der Waals surface area contributed by atoms with E-state index >= 15 is 0 Å². The van der Waals surface area contributed by atoms with Crippen molar-refractivity contribution in [1.82, 2.24) is 19.5 Å². The molecule has 0 saturated carbocycles. The summed E-state index contributed by atoms with van der Waals surface area (Å²) >= 11 is 1.62. The van der Waals surface area contributed by atoms with Crippen LogP contribution in [0.4, 0.5) is 0 Å². The van der Waals surface area contributed by atoms with Crippen molar-refractivity contribution in [2.45, 2.75) is 0 Å². The summed E-state index contributed by atoms with van der Waals surface area (Å²) in [5.41, 5.74) is 2.36. The van der Waals surface area contributed by atoms with Gasteiger partial charge in [-0.05, 0) is 52.5 Å². The van der Waals surface area contributed by atoms with Crippen molar-refractivity contribution in [3.63, 3.8) is 0 Å². The van der Waals surface area contributed by atoms with Gasteiger partial charge >= 0.3 is 0 Å². The van der Waals surface area contributed by atoms with Crippen molar-refractivity contribution in [2.75, 3.05) is 0 Å². The zero-order valence-electron chi connectivity index (χ0n) is 41.2. The Morgan fingerprint density at radius 2 is 1.09 bits per heavy atom. The molecule has 11 rings (SSSR count). The van der Waals surface area contributed by atoms with E-state index in [-0.39, 0.29) is 38.9 Å². The zero-order chi connectivity index (χ0) is 47.4. The standard InChI is InChI=1S/C51H32N4S/c1-4-16-33(17-5-1)37-24-15-28-44-47(37)41-23-10-12-27-43(41)55(44)45-32-36(38-25-14-26-40-39-22-11-13-29-46(39)56-48(38)40)30-31-42(45)51-53-49(34-18-6-2-7-19-34)52-50(54-51)35-20-8-3-9-21-35/h1-32H/i1D,4D,5D,10D,12D,15D,16D,17D,23D,24D,27D,28D. The maximum Gasteiger partial charge on any atom is 0.166 e. The molecule has 11 aromatic rings. The highest BCUT2D eigenvalue weighted by molar-refractivity contribution is 7.26. The second-order valence-electron chi connectivity index (χ2n) is 13.1. The summed E-state index contributed by atoms with van der Waals surface area (Å²) < 4.78 is 112. The van der Waals surface area contributed by atoms with E-state index < -0.39 is 78.1 Å². The largest absolute Gasteiger partial charge is 0.308 e. The van der Waals surface area contributed by atoms with Crippen molar-refractivity contribution in [2.24, 2.45) is 0 Å². The molecule has 4 nitrogen and oxygen atoms in total. The minimum atomic E-state index is -0.704. The summed E-state index contributed by atoms with van der Waals surface area (Å²) in [4.78, 5) is 15.0. The molecule has 0 N–H and O–H groups in total. The van der Waals surface area contributed by atoms with Crippen molar-refractivity contribution in [3.05, 3.63) is 194 Å². The van der Waals surface area contributed by atoms with Crippen LogP contribution >= 0.6 is 11.3 Å². The maximum absolute atomic E-state index is 9.66. The van der Waals surface area contributed by atoms with Crippen LogP contribution in [0.1, 0.15) is 16.4 Å². The van der Waals surface area contributed by atoms with E-state index in [0.717, 1.165) is 25.7 Å². The van der Waals surface area contributed by atoms with Gasteiger partial charge in [0.05, 0.1) is 33.2 Å². The van der Waals surface area contributed by atoms with Crippen molar-refractivity contribution in [3.8, 4) is 62.1 Å². The predicted octanol–water partition coefficient (Wildman–Crippen LogP) is 13.7. The van der Waals surface area contributed by atoms with E-state index in [0.29, 0.717) is 33.9 Å². The van der Waals surface area contributed by atoms with Crippen LogP contribution in [0, 0.1) is 0 Å². The van der Waals surface area contributed by atoms with E-state index in [4.69, 9.17) is 24.5 Å². The Balaban J connectivity index is 1.35. The van der Waals surface area contributed by atoms with Crippen LogP contribution in [-0.4, -0.2) is 19.5 Å². The molecular weight excluding hydrogens is 701 g/mol. The molecule has 3 aromatic heterocycles. The fourth-order valence-corrected chi connectivity index (χ4v) is 8.59. The molecule has 5 heteroatoms. The second kappa shape index (κ2) is 13.3. The van der Waals surface area contributed by atoms with Gasteiger partial charge in [-0.3, -0.25) is 0 Å². The summed E-state index contributed by atoms with van der Waals surface area (Å²) in [5, 5.41) is 1.76. The Morgan fingerprint density at radius 3 is 1.88 bits per heavy atom. The molecule has 8 aromatic carbocycles. The first-order valence-corrected chi connectivity index (χ1v) is 18.6. The molecule has 0 fully saturated rings. The summed E-state index contributed by atoms with van der Waals surface area (Å²) in [5.74, 6) is 0.831. The van der Waals surface area contributed by atoms with Gasteiger partial charge in [0, 0.05) is 47.6 Å². The average Bonchev–Trinajstić information content (AvgIpc) is 3.94. The van der Waals surface area contributed by atoms with Gasteiger partial charge in [-0.15, -0.1) is 11.3 Å². The highest BCUT2D eigenvalue weighted by Gasteiger charge is 2.22. The summed E-state index contributed by atoms with van der Waals surface area (Å²) in [6.45, 7) is 0. The Morgan fingerprint density at radius 1 is 0.429 bits per heavy atom. The summed E-state index contributed by atoms with van der Waals surface area (Å²) in [6.07, 6.45) is 0. The van der Waals surface area contributed by atoms with E-state index in [1.54, 1.807) is 17.4 Å². The molecule has 0 atom stereocenters. The van der Waals surface area contributed by atoms with Gasteiger partial charge in [0.25, 0.3) is 0 Å². The third-order valence-electron chi connectivity index (χ3n) is 9.86. The quantitative estimate of drug-likeness (QED) is 0.170. The molecule has 0 aliphatic carbocycles. The van der Waals surface area contributed by atoms with Gasteiger partial charge in [0.1, 0.15) is 0 Å². The van der Waals surface area contributed by atoms with Gasteiger partial charge in [0.2, 0.25) is 0 Å². The molecule has 0 aliphatic rings. The zero-order valence-corrected chi connectivity index (χ0v) is 30.1. The number of nitrogens with zero attached hydrogens (tertiary/aromatic N) is 4. The smallest absolute Gasteiger partial charge is 0.166 e. The van der Waals surface area contributed by atoms with Crippen LogP contribution in [0.5, 0.6) is 0 Å². The van der Waals surface area contributed by atoms with E-state index in [1.165, 1.54) is 4.57 Å². The molecule has 3 heterocycles. The number of thiophene rings is 1. The fourth-order valence-electron chi connectivity index (χ4n) is 7.35. The minimum absolute atomic E-state index is 0.141. The lowest BCUT2D eigenvalue weighted by molar-refractivity contribution is 1.06. The van der Waals surface area contributed by atoms with E-state index in [2.05, 4.69) is 18.2 Å². The van der Waals surface area contributed by atoms with Gasteiger partial charge in [-0.25, -0.2) is 15.0 Å². The fraction of sp³-hybridized carbons (Fsp3) is 0. The minimum Gasteiger partial charge on any atom is -0.308 e. The second-order valence-corrected chi connectivity index (χ2v) is 14.1. The highest BCUT2D eigenvalue weighted by atomic mass is 32.1. The Hall–Kier alpha value is -7.21. The summed E-state index contributed by atoms with van der Waals surface area (Å²) in [7, 11) is 0. The number of hydrogen-bond donors (Lipinski definition) is 0. The SMILES string of the molecule is [2H]c1c([2H])c([2H])c(-c2c([2H])c([2H])c([2H])c3c2c2c([2H])c([2H])c([2H])c([2H])c2n3-c2cc(-c3cccc4c3sc3ccccc34)ccc2-c2nc(-c3ccccc3)nc(-c3ccccc3)n2)c([2H])c1[2H]. The molecular formula is C51H32N4S. The predicted molar refractivity (Wildman–Crippen MR) is 234 cm³/mol. The first-order chi connectivity index (χ1) is 32.8. The first-order valence-electron chi connectivity index (χ1n) is 23.8. The van der Waals surface area contributed by atoms with Gasteiger partial charge in [-0.1, -0.05) is 164 Å². The highest BCUT2D eigenvalue weighted by Crippen LogP contribution is 2.44. The van der Waals surface area contributed by atoms with Crippen LogP contribution in [0.2, 0.25) is 0 Å². The molecule has 0 amide bonds. The number of benzene rings is 8. The third-order valence-corrected chi connectivity index (χ3v) is 11.1. The Labute approximate surface area is 344 Å². The van der Waals surface area contributed by atoms with Crippen LogP contribution < -0.4 is 0 Å². The van der Waals surface area contributed by atoms with Crippen LogP contribution in [-0.2, 0) is 0 Å². The Bertz CT molecular complexity index is 3860. The van der Waals surface area contributed by atoms with Crippen molar-refractivity contribution in [1.29, 1.82) is 0 Å². The number of aromatic nitrogens is 4. The molecule has 0 radical (unpaired) electrons. The maximum atomic E-state index is 9.66. The first kappa shape index (κ1) is 22.2. The molecule has 56 heavy (non-hydrogen) atoms. The summed E-state index contributed by atoms with van der Waals surface area (Å²) in [6, 6.07) is 30.7. The Kier molecular flexibility index (Phi) is 5.27. The molecule has 0 saturated heterocycles. The van der Waals surface area contributed by atoms with Gasteiger partial charge in [-0.2, -0.15) is 0 Å². The molecule has 0 unspecified atom stereocenters. The molecule has 0 spiro atoms. The topological polar surface area (TPSA) is 43.6 Å². The van der Waals surface area contributed by atoms with Crippen LogP contribution in [0.25, 0.3) is 104 Å². The lowest BCUT2D eigenvalue weighted by Gasteiger charge is -2.17. The number of para-hydroxylation sites is 1. The van der Waals surface area contributed by atoms with Crippen LogP contribution in [0.3, 0.4) is 0 Å². The monoisotopic (exact) mass is 744 g/mol. The van der Waals surface area contributed by atoms with E-state index in [1.807, 2.05) is 97.1 Å². The lowest BCUT2D eigenvalue weighted by Crippen LogP contribution is -2.04. The van der Waals surface area contributed by atoms with Gasteiger partial charge in [0.15, 0.2) is 17.5 Å². The lowest BCUT2D eigenvalue weighted by atomic mass is 9.99. The number of hydrogen-bond acceptors (Lipinski definition) is 4. The van der Waals surface area contributed by atoms with Gasteiger partial charge < -0.3 is 4.57 Å². The normalized spacial score (nSPS) is 14.6. The molecule has 0 bridgehead atoms. The van der Waals surface area contributed by atoms with Crippen molar-refractivity contribution < 1.29 is 16.4 Å². The average molecular weight is 745 g/mol. The molecule has 262 valence electrons. The van der Waals surface area contributed by atoms with Crippen molar-refractivity contribution >= 4 is 53.3 Å².